The molecule has 3 amide bonds. The van der Waals surface area contributed by atoms with Crippen LogP contribution in [0.2, 0.25) is 0 Å². The predicted molar refractivity (Wildman–Crippen MR) is 103 cm³/mol. The van der Waals surface area contributed by atoms with Crippen molar-refractivity contribution >= 4 is 29.4 Å². The van der Waals surface area contributed by atoms with E-state index in [0.29, 0.717) is 16.8 Å². The summed E-state index contributed by atoms with van der Waals surface area (Å²) in [5, 5.41) is 7.47. The highest BCUT2D eigenvalue weighted by Crippen LogP contribution is 2.09. The first-order chi connectivity index (χ1) is 13.4. The maximum absolute atomic E-state index is 11.9. The molecule has 0 saturated heterocycles. The van der Waals surface area contributed by atoms with Gasteiger partial charge >= 0.3 is 5.97 Å². The molecule has 8 nitrogen and oxygen atoms in total. The Labute approximate surface area is 162 Å². The van der Waals surface area contributed by atoms with Crippen molar-refractivity contribution in [2.75, 3.05) is 25.5 Å². The topological polar surface area (TPSA) is 114 Å². The number of anilines is 1. The summed E-state index contributed by atoms with van der Waals surface area (Å²) in [5.74, 6) is -1.91. The fraction of sp³-hybridized carbons (Fsp3) is 0.200. The Bertz CT molecular complexity index is 860. The minimum absolute atomic E-state index is 0.237. The molecule has 0 fully saturated rings. The van der Waals surface area contributed by atoms with Crippen LogP contribution in [0.1, 0.15) is 26.3 Å². The molecule has 0 atom stereocenters. The maximum atomic E-state index is 11.9. The third-order valence-electron chi connectivity index (χ3n) is 3.73. The van der Waals surface area contributed by atoms with Gasteiger partial charge in [-0.3, -0.25) is 19.2 Å². The molecular weight excluding hydrogens is 362 g/mol. The minimum Gasteiger partial charge on any atom is -0.454 e. The van der Waals surface area contributed by atoms with E-state index in [1.54, 1.807) is 48.5 Å². The van der Waals surface area contributed by atoms with E-state index in [9.17, 15) is 19.2 Å². The average Bonchev–Trinajstić information content (AvgIpc) is 2.71. The van der Waals surface area contributed by atoms with Crippen LogP contribution in [-0.4, -0.2) is 43.9 Å². The highest BCUT2D eigenvalue weighted by Gasteiger charge is 2.11. The number of nitrogens with one attached hydrogen (secondary N) is 3. The van der Waals surface area contributed by atoms with Gasteiger partial charge in [0, 0.05) is 23.9 Å². The largest absolute Gasteiger partial charge is 0.454 e. The number of hydrogen-bond acceptors (Lipinski definition) is 5. The van der Waals surface area contributed by atoms with Gasteiger partial charge in [-0.15, -0.1) is 0 Å². The average molecular weight is 383 g/mol. The number of esters is 1. The minimum atomic E-state index is -0.731. The molecule has 0 aromatic heterocycles. The highest BCUT2D eigenvalue weighted by atomic mass is 16.5. The zero-order chi connectivity index (χ0) is 20.5. The number of hydrogen-bond donors (Lipinski definition) is 3. The van der Waals surface area contributed by atoms with Gasteiger partial charge in [-0.2, -0.15) is 0 Å². The van der Waals surface area contributed by atoms with E-state index in [0.717, 1.165) is 5.56 Å². The zero-order valence-corrected chi connectivity index (χ0v) is 15.6. The van der Waals surface area contributed by atoms with Gasteiger partial charge < -0.3 is 20.7 Å². The van der Waals surface area contributed by atoms with Crippen molar-refractivity contribution in [3.63, 3.8) is 0 Å². The molecule has 8 heteroatoms. The molecule has 3 N–H and O–H groups in total. The lowest BCUT2D eigenvalue weighted by Crippen LogP contribution is -2.32. The normalized spacial score (nSPS) is 9.93. The molecule has 0 spiro atoms. The van der Waals surface area contributed by atoms with Crippen LogP contribution >= 0.6 is 0 Å². The van der Waals surface area contributed by atoms with Crippen molar-refractivity contribution in [1.29, 1.82) is 0 Å². The van der Waals surface area contributed by atoms with E-state index in [2.05, 4.69) is 16.0 Å². The molecule has 0 aliphatic rings. The molecule has 0 bridgehead atoms. The number of benzene rings is 2. The molecule has 0 aliphatic heterocycles. The Balaban J connectivity index is 1.73. The smallest absolute Gasteiger partial charge is 0.325 e. The molecule has 28 heavy (non-hydrogen) atoms. The lowest BCUT2D eigenvalue weighted by atomic mass is 10.1. The lowest BCUT2D eigenvalue weighted by molar-refractivity contribution is -0.146. The number of carbonyl (C=O) groups excluding carboxylic acids is 4. The molecule has 0 radical (unpaired) electrons. The highest BCUT2D eigenvalue weighted by molar-refractivity contribution is 5.97. The van der Waals surface area contributed by atoms with Crippen LogP contribution in [0.3, 0.4) is 0 Å². The first-order valence-corrected chi connectivity index (χ1v) is 8.51. The van der Waals surface area contributed by atoms with Gasteiger partial charge in [-0.1, -0.05) is 17.7 Å². The Morgan fingerprint density at radius 2 is 1.43 bits per heavy atom. The summed E-state index contributed by atoms with van der Waals surface area (Å²) in [4.78, 5) is 46.9. The zero-order valence-electron chi connectivity index (χ0n) is 15.6. The van der Waals surface area contributed by atoms with Crippen molar-refractivity contribution < 1.29 is 23.9 Å². The molecule has 0 saturated carbocycles. The molecule has 2 aromatic rings. The van der Waals surface area contributed by atoms with E-state index < -0.39 is 24.4 Å². The fourth-order valence-corrected chi connectivity index (χ4v) is 2.20. The molecule has 0 unspecified atom stereocenters. The summed E-state index contributed by atoms with van der Waals surface area (Å²) in [6.07, 6.45) is 0. The lowest BCUT2D eigenvalue weighted by Gasteiger charge is -2.08. The van der Waals surface area contributed by atoms with E-state index in [-0.39, 0.29) is 12.5 Å². The van der Waals surface area contributed by atoms with Crippen LogP contribution in [0.25, 0.3) is 0 Å². The van der Waals surface area contributed by atoms with Crippen molar-refractivity contribution in [1.82, 2.24) is 10.6 Å². The molecule has 0 aliphatic carbocycles. The van der Waals surface area contributed by atoms with Gasteiger partial charge in [0.05, 0.1) is 0 Å². The second-order valence-corrected chi connectivity index (χ2v) is 5.91. The van der Waals surface area contributed by atoms with Crippen LogP contribution < -0.4 is 16.0 Å². The van der Waals surface area contributed by atoms with E-state index in [1.807, 2.05) is 6.92 Å². The van der Waals surface area contributed by atoms with Crippen LogP contribution in [0.4, 0.5) is 5.69 Å². The fourth-order valence-electron chi connectivity index (χ4n) is 2.20. The summed E-state index contributed by atoms with van der Waals surface area (Å²) < 4.78 is 4.83. The quantitative estimate of drug-likeness (QED) is 0.623. The predicted octanol–water partition coefficient (Wildman–Crippen LogP) is 1.27. The summed E-state index contributed by atoms with van der Waals surface area (Å²) in [7, 11) is 1.52. The van der Waals surface area contributed by atoms with Gasteiger partial charge in [-0.25, -0.2) is 0 Å². The third kappa shape index (κ3) is 6.24. The Hall–Kier alpha value is -3.68. The Morgan fingerprint density at radius 3 is 2.04 bits per heavy atom. The molecule has 2 aromatic carbocycles. The van der Waals surface area contributed by atoms with Crippen LogP contribution in [0.15, 0.2) is 48.5 Å². The van der Waals surface area contributed by atoms with Crippen LogP contribution in [0.5, 0.6) is 0 Å². The monoisotopic (exact) mass is 383 g/mol. The maximum Gasteiger partial charge on any atom is 0.325 e. The van der Waals surface area contributed by atoms with Crippen LogP contribution in [-0.2, 0) is 14.3 Å². The van der Waals surface area contributed by atoms with Gasteiger partial charge in [0.2, 0.25) is 0 Å². The summed E-state index contributed by atoms with van der Waals surface area (Å²) in [5.41, 5.74) is 2.36. The van der Waals surface area contributed by atoms with E-state index in [4.69, 9.17) is 4.74 Å². The van der Waals surface area contributed by atoms with Gasteiger partial charge in [0.15, 0.2) is 6.61 Å². The Kier molecular flexibility index (Phi) is 7.27. The Morgan fingerprint density at radius 1 is 0.857 bits per heavy atom. The van der Waals surface area contributed by atoms with Crippen molar-refractivity contribution in [2.45, 2.75) is 6.92 Å². The molecular formula is C20H21N3O5. The summed E-state index contributed by atoms with van der Waals surface area (Å²) in [6, 6.07) is 13.1. The van der Waals surface area contributed by atoms with E-state index in [1.165, 1.54) is 7.05 Å². The number of amides is 3. The summed E-state index contributed by atoms with van der Waals surface area (Å²) >= 11 is 0. The standard InChI is InChI=1S/C20H21N3O5/c1-13-3-5-15(6-4-13)20(27)22-11-18(25)28-12-17(24)23-16-9-7-14(8-10-16)19(26)21-2/h3-10H,11-12H2,1-2H3,(H,21,26)(H,22,27)(H,23,24). The number of carbonyl (C=O) groups is 4. The summed E-state index contributed by atoms with van der Waals surface area (Å²) in [6.45, 7) is 1.07. The number of rotatable bonds is 7. The second-order valence-electron chi connectivity index (χ2n) is 5.91. The van der Waals surface area contributed by atoms with Gasteiger partial charge in [0.1, 0.15) is 6.54 Å². The molecule has 2 rings (SSSR count). The second kappa shape index (κ2) is 9.86. The van der Waals surface area contributed by atoms with Gasteiger partial charge in [-0.05, 0) is 43.3 Å². The SMILES string of the molecule is CNC(=O)c1ccc(NC(=O)COC(=O)CNC(=O)c2ccc(C)cc2)cc1. The number of ether oxygens (including phenoxy) is 1. The first kappa shape index (κ1) is 20.6. The third-order valence-corrected chi connectivity index (χ3v) is 3.73. The van der Waals surface area contributed by atoms with Crippen molar-refractivity contribution in [3.8, 4) is 0 Å². The molecule has 146 valence electrons. The van der Waals surface area contributed by atoms with Crippen LogP contribution in [0, 0.1) is 6.92 Å². The number of aryl methyl sites for hydroxylation is 1. The van der Waals surface area contributed by atoms with Crippen molar-refractivity contribution in [3.05, 3.63) is 65.2 Å². The van der Waals surface area contributed by atoms with Gasteiger partial charge in [0.25, 0.3) is 17.7 Å². The van der Waals surface area contributed by atoms with Crippen molar-refractivity contribution in [2.24, 2.45) is 0 Å². The molecule has 0 heterocycles. The first-order valence-electron chi connectivity index (χ1n) is 8.51. The van der Waals surface area contributed by atoms with E-state index >= 15 is 0 Å².